The first-order chi connectivity index (χ1) is 35.5. The highest BCUT2D eigenvalue weighted by atomic mass is 16.3. The Hall–Kier alpha value is -5.40. The van der Waals surface area contributed by atoms with Crippen molar-refractivity contribution in [3.63, 3.8) is 0 Å². The molecule has 1 aromatic rings. The lowest BCUT2D eigenvalue weighted by molar-refractivity contribution is -0.137. The molecule has 1 aliphatic heterocycles. The Morgan fingerprint density at radius 3 is 1.71 bits per heavy atom. The summed E-state index contributed by atoms with van der Waals surface area (Å²) in [6.45, 7) is 15.3. The number of carbonyl (C=O) groups is 10. The van der Waals surface area contributed by atoms with Crippen LogP contribution in [-0.2, 0) is 54.4 Å². The topological polar surface area (TPSA) is 309 Å². The van der Waals surface area contributed by atoms with Crippen molar-refractivity contribution < 1.29 is 58.2 Å². The number of nitrogens with two attached hydrogens (primary N) is 1. The number of ketones is 4. The minimum absolute atomic E-state index is 0.0966. The van der Waals surface area contributed by atoms with Crippen molar-refractivity contribution in [3.05, 3.63) is 35.9 Å². The number of hydrogen-bond acceptors (Lipinski definition) is 13. The number of nitrogens with one attached hydrogen (secondary N) is 6. The van der Waals surface area contributed by atoms with Crippen LogP contribution in [0.15, 0.2) is 30.3 Å². The van der Waals surface area contributed by atoms with Gasteiger partial charge in [-0.2, -0.15) is 0 Å². The third-order valence-electron chi connectivity index (χ3n) is 13.8. The number of aliphatic hydroxyl groups is 2. The average Bonchev–Trinajstić information content (AvgIpc) is 3.35. The molecule has 0 radical (unpaired) electrons. The second-order valence-electron chi connectivity index (χ2n) is 21.0. The maximum atomic E-state index is 14.6. The first kappa shape index (κ1) is 65.7. The minimum atomic E-state index is -1.34. The molecule has 1 saturated heterocycles. The Kier molecular flexibility index (Phi) is 30.1. The van der Waals surface area contributed by atoms with Crippen molar-refractivity contribution in [3.8, 4) is 0 Å². The predicted molar refractivity (Wildman–Crippen MR) is 285 cm³/mol. The lowest BCUT2D eigenvalue weighted by Gasteiger charge is -2.28. The molecule has 0 saturated carbocycles. The number of rotatable bonds is 24. The van der Waals surface area contributed by atoms with E-state index in [1.165, 1.54) is 13.8 Å². The smallest absolute Gasteiger partial charge is 0.243 e. The molecule has 19 nitrogen and oxygen atoms in total. The molecule has 10 N–H and O–H groups in total. The number of carbonyl (C=O) groups excluding carboxylic acids is 10. The van der Waals surface area contributed by atoms with E-state index in [1.54, 1.807) is 31.2 Å². The van der Waals surface area contributed by atoms with Gasteiger partial charge < -0.3 is 47.8 Å². The van der Waals surface area contributed by atoms with Gasteiger partial charge in [-0.05, 0) is 76.7 Å². The summed E-state index contributed by atoms with van der Waals surface area (Å²) in [5.74, 6) is -10.9. The van der Waals surface area contributed by atoms with Gasteiger partial charge in [0.05, 0.1) is 48.2 Å². The molecule has 1 aliphatic rings. The van der Waals surface area contributed by atoms with Gasteiger partial charge in [-0.3, -0.25) is 47.9 Å². The lowest BCUT2D eigenvalue weighted by Crippen LogP contribution is -2.56. The molecule has 75 heavy (non-hydrogen) atoms. The van der Waals surface area contributed by atoms with Crippen molar-refractivity contribution in [1.29, 1.82) is 0 Å². The highest BCUT2D eigenvalue weighted by molar-refractivity contribution is 5.98. The van der Waals surface area contributed by atoms with Crippen molar-refractivity contribution >= 4 is 58.6 Å². The van der Waals surface area contributed by atoms with Crippen LogP contribution in [0, 0.1) is 29.6 Å². The summed E-state index contributed by atoms with van der Waals surface area (Å²) in [6.07, 6.45) is -0.711. The number of hydrogen-bond donors (Lipinski definition) is 9. The molecule has 422 valence electrons. The quantitative estimate of drug-likeness (QED) is 0.0716. The zero-order valence-corrected chi connectivity index (χ0v) is 46.2. The van der Waals surface area contributed by atoms with E-state index in [0.717, 1.165) is 5.56 Å². The molecule has 12 atom stereocenters. The molecule has 2 rings (SSSR count). The maximum absolute atomic E-state index is 14.6. The van der Waals surface area contributed by atoms with Crippen molar-refractivity contribution in [2.45, 2.75) is 220 Å². The maximum Gasteiger partial charge on any atom is 0.243 e. The van der Waals surface area contributed by atoms with Crippen molar-refractivity contribution in [1.82, 2.24) is 31.9 Å². The van der Waals surface area contributed by atoms with Crippen molar-refractivity contribution in [2.75, 3.05) is 6.54 Å². The Bertz CT molecular complexity index is 2030. The first-order valence-electron chi connectivity index (χ1n) is 27.6. The summed E-state index contributed by atoms with van der Waals surface area (Å²) < 4.78 is 0. The van der Waals surface area contributed by atoms with E-state index in [0.29, 0.717) is 38.5 Å². The molecule has 0 bridgehead atoms. The van der Waals surface area contributed by atoms with E-state index in [9.17, 15) is 58.2 Å². The zero-order valence-electron chi connectivity index (χ0n) is 46.2. The second-order valence-corrected chi connectivity index (χ2v) is 21.0. The monoisotopic (exact) mass is 1050 g/mol. The molecular formula is C56H91N7O12. The Balaban J connectivity index is 2.74. The summed E-state index contributed by atoms with van der Waals surface area (Å²) >= 11 is 0. The summed E-state index contributed by atoms with van der Waals surface area (Å²) in [6, 6.07) is 2.57. The molecule has 1 heterocycles. The number of amides is 6. The van der Waals surface area contributed by atoms with Gasteiger partial charge in [-0.15, -0.1) is 0 Å². The van der Waals surface area contributed by atoms with E-state index in [2.05, 4.69) is 31.9 Å². The lowest BCUT2D eigenvalue weighted by atomic mass is 9.88. The second kappa shape index (κ2) is 34.3. The summed E-state index contributed by atoms with van der Waals surface area (Å²) in [5, 5.41) is 38.1. The first-order valence-corrected chi connectivity index (χ1v) is 27.6. The number of aliphatic hydroxyl groups excluding tert-OH is 2. The fourth-order valence-electron chi connectivity index (χ4n) is 9.39. The van der Waals surface area contributed by atoms with Gasteiger partial charge in [0.25, 0.3) is 0 Å². The van der Waals surface area contributed by atoms with Crippen LogP contribution in [0.5, 0.6) is 0 Å². The van der Waals surface area contributed by atoms with E-state index in [-0.39, 0.29) is 70.3 Å². The van der Waals surface area contributed by atoms with Gasteiger partial charge in [0.15, 0.2) is 17.3 Å². The SMILES string of the molecule is CCC[C@@H]1NC(=O)[C@@H](CC(=O)[C@H](CCC)NC(=O)[C@@H](CC(=O)[C@@H](N)CCC)[C@@H](C)O)CCNC(=O)[C@H]([C@@H](C)O)CC(=O)[C@H](CCC)NC(=O)[C@H](CCC)NC(=O)[C@H](CC(C)C)NC(=O)[C@@H](Cc2ccccc2)CC1=O. The van der Waals surface area contributed by atoms with Crippen LogP contribution in [-0.4, -0.2) is 124 Å². The Morgan fingerprint density at radius 1 is 0.640 bits per heavy atom. The molecule has 6 amide bonds. The van der Waals surface area contributed by atoms with E-state index < -0.39 is 144 Å². The van der Waals surface area contributed by atoms with Crippen LogP contribution in [0.3, 0.4) is 0 Å². The van der Waals surface area contributed by atoms with Crippen LogP contribution >= 0.6 is 0 Å². The standard InChI is InChI=1S/C56H91N7O12/c1-10-18-41(57)47(66)31-40(35(9)65)54(73)60-43(20-12-3)48(67)29-37-25-26-58-53(72)39(34(8)64)32-50(69)44(21-13-4)61-55(74)45(22-14-5)62-56(75)46(27-33(6)7)63-52(71)38(28-36-23-16-15-17-24-36)30-49(68)42(19-11-2)59-51(37)70/h15-17,23-24,33-35,37-46,64-65H,10-14,18-22,25-32,57H2,1-9H3,(H,58,72)(H,59,70)(H,60,73)(H,61,74)(H,62,75)(H,63,71)/t34-,35-,37-,38+,39+,40+,41+,42+,43+,44+,45+,46+/m1/s1. The molecule has 1 aromatic carbocycles. The van der Waals surface area contributed by atoms with Crippen LogP contribution in [0.2, 0.25) is 0 Å². The largest absolute Gasteiger partial charge is 0.393 e. The Labute approximate surface area is 445 Å². The van der Waals surface area contributed by atoms with Crippen LogP contribution in [0.25, 0.3) is 0 Å². The van der Waals surface area contributed by atoms with Crippen molar-refractivity contribution in [2.24, 2.45) is 35.3 Å². The van der Waals surface area contributed by atoms with Crippen LogP contribution in [0.4, 0.5) is 0 Å². The zero-order chi connectivity index (χ0) is 56.4. The number of Topliss-reactive ketones (excluding diaryl/α,β-unsaturated/α-hetero) is 4. The molecule has 0 spiro atoms. The average molecular weight is 1050 g/mol. The molecule has 0 aromatic heterocycles. The highest BCUT2D eigenvalue weighted by Crippen LogP contribution is 2.22. The highest BCUT2D eigenvalue weighted by Gasteiger charge is 2.37. The fourth-order valence-corrected chi connectivity index (χ4v) is 9.39. The summed E-state index contributed by atoms with van der Waals surface area (Å²) in [7, 11) is 0. The third-order valence-corrected chi connectivity index (χ3v) is 13.8. The predicted octanol–water partition coefficient (Wildman–Crippen LogP) is 3.61. The molecular weight excluding hydrogens is 963 g/mol. The molecule has 0 unspecified atom stereocenters. The van der Waals surface area contributed by atoms with Gasteiger partial charge >= 0.3 is 0 Å². The normalized spacial score (nSPS) is 24.3. The van der Waals surface area contributed by atoms with Crippen LogP contribution in [0.1, 0.15) is 171 Å². The van der Waals surface area contributed by atoms with Crippen LogP contribution < -0.4 is 37.6 Å². The van der Waals surface area contributed by atoms with E-state index >= 15 is 0 Å². The van der Waals surface area contributed by atoms with Gasteiger partial charge in [-0.1, -0.05) is 111 Å². The van der Waals surface area contributed by atoms with E-state index in [1.807, 2.05) is 47.6 Å². The Morgan fingerprint density at radius 2 is 1.16 bits per heavy atom. The number of benzene rings is 1. The van der Waals surface area contributed by atoms with Gasteiger partial charge in [0, 0.05) is 44.1 Å². The summed E-state index contributed by atoms with van der Waals surface area (Å²) in [5.41, 5.74) is 6.76. The summed E-state index contributed by atoms with van der Waals surface area (Å²) in [4.78, 5) is 141. The minimum Gasteiger partial charge on any atom is -0.393 e. The van der Waals surface area contributed by atoms with Gasteiger partial charge in [0.2, 0.25) is 35.4 Å². The molecule has 0 aliphatic carbocycles. The van der Waals surface area contributed by atoms with Gasteiger partial charge in [0.1, 0.15) is 17.9 Å². The molecule has 1 fully saturated rings. The van der Waals surface area contributed by atoms with Gasteiger partial charge in [-0.25, -0.2) is 0 Å². The fraction of sp³-hybridized carbons (Fsp3) is 0.714. The van der Waals surface area contributed by atoms with E-state index in [4.69, 9.17) is 5.73 Å². The molecule has 19 heteroatoms. The third kappa shape index (κ3) is 22.8.